The zero-order valence-corrected chi connectivity index (χ0v) is 17.8. The number of carbonyl (C=O) groups excluding carboxylic acids is 1. The third kappa shape index (κ3) is 5.43. The Bertz CT molecular complexity index is 681. The SMILES string of the molecule is COC(=O)N1CCN(CC(O)COc2ccc(CN3C[C@H]4CNC[C@H]4C3)cc2)CC1. The standard InChI is InChI=1S/C22H34N4O4/c1-29-22(28)26-8-6-24(7-9-26)15-20(27)16-30-21-4-2-17(3-5-21)12-25-13-18-10-23-11-19(18)14-25/h2-5,18-20,23,27H,6-16H2,1H3/t18-,19+,20?. The van der Waals surface area contributed by atoms with Crippen molar-refractivity contribution in [2.75, 3.05) is 72.6 Å². The molecule has 166 valence electrons. The lowest BCUT2D eigenvalue weighted by atomic mass is 10.0. The number of piperazine rings is 1. The Kier molecular flexibility index (Phi) is 7.09. The number of hydrogen-bond acceptors (Lipinski definition) is 7. The van der Waals surface area contributed by atoms with Crippen molar-refractivity contribution in [1.29, 1.82) is 0 Å². The maximum Gasteiger partial charge on any atom is 0.409 e. The van der Waals surface area contributed by atoms with Crippen molar-refractivity contribution in [3.05, 3.63) is 29.8 Å². The summed E-state index contributed by atoms with van der Waals surface area (Å²) in [5, 5.41) is 13.8. The van der Waals surface area contributed by atoms with Gasteiger partial charge in [0.05, 0.1) is 7.11 Å². The van der Waals surface area contributed by atoms with E-state index in [9.17, 15) is 9.90 Å². The number of β-amino-alcohol motifs (C(OH)–C–C–N with tert-alkyl or cyclic N) is 1. The predicted molar refractivity (Wildman–Crippen MR) is 113 cm³/mol. The molecule has 3 fully saturated rings. The molecule has 0 bridgehead atoms. The normalized spacial score (nSPS) is 25.9. The summed E-state index contributed by atoms with van der Waals surface area (Å²) in [5.41, 5.74) is 1.30. The maximum atomic E-state index is 11.5. The summed E-state index contributed by atoms with van der Waals surface area (Å²) >= 11 is 0. The van der Waals surface area contributed by atoms with Crippen LogP contribution in [0.3, 0.4) is 0 Å². The number of nitrogens with one attached hydrogen (secondary N) is 1. The summed E-state index contributed by atoms with van der Waals surface area (Å²) in [4.78, 5) is 17.9. The second-order valence-electron chi connectivity index (χ2n) is 8.74. The highest BCUT2D eigenvalue weighted by Gasteiger charge is 2.35. The molecule has 0 saturated carbocycles. The number of nitrogens with zero attached hydrogens (tertiary/aromatic N) is 3. The molecular formula is C22H34N4O4. The summed E-state index contributed by atoms with van der Waals surface area (Å²) < 4.78 is 10.5. The third-order valence-electron chi connectivity index (χ3n) is 6.51. The van der Waals surface area contributed by atoms with Gasteiger partial charge >= 0.3 is 6.09 Å². The van der Waals surface area contributed by atoms with Gasteiger partial charge in [-0.1, -0.05) is 12.1 Å². The largest absolute Gasteiger partial charge is 0.491 e. The second-order valence-corrected chi connectivity index (χ2v) is 8.74. The minimum absolute atomic E-state index is 0.263. The highest BCUT2D eigenvalue weighted by Crippen LogP contribution is 2.27. The van der Waals surface area contributed by atoms with Gasteiger partial charge < -0.3 is 24.8 Å². The van der Waals surface area contributed by atoms with Gasteiger partial charge in [0.2, 0.25) is 0 Å². The Morgan fingerprint density at radius 3 is 2.40 bits per heavy atom. The fourth-order valence-electron chi connectivity index (χ4n) is 4.82. The van der Waals surface area contributed by atoms with Crippen molar-refractivity contribution in [2.45, 2.75) is 12.6 Å². The van der Waals surface area contributed by atoms with E-state index in [1.54, 1.807) is 4.90 Å². The predicted octanol–water partition coefficient (Wildman–Crippen LogP) is 0.462. The van der Waals surface area contributed by atoms with Gasteiger partial charge in [-0.25, -0.2) is 4.79 Å². The van der Waals surface area contributed by atoms with E-state index in [1.807, 2.05) is 12.1 Å². The molecule has 3 aliphatic rings. The first-order valence-electron chi connectivity index (χ1n) is 11.0. The molecule has 0 aromatic heterocycles. The number of carbonyl (C=O) groups is 1. The van der Waals surface area contributed by atoms with E-state index in [0.717, 1.165) is 50.3 Å². The lowest BCUT2D eigenvalue weighted by Crippen LogP contribution is -2.50. The maximum absolute atomic E-state index is 11.5. The number of fused-ring (bicyclic) bond motifs is 1. The van der Waals surface area contributed by atoms with Gasteiger partial charge in [0.15, 0.2) is 0 Å². The van der Waals surface area contributed by atoms with E-state index >= 15 is 0 Å². The van der Waals surface area contributed by atoms with Gasteiger partial charge in [-0.05, 0) is 42.6 Å². The van der Waals surface area contributed by atoms with Gasteiger partial charge in [-0.2, -0.15) is 0 Å². The van der Waals surface area contributed by atoms with Crippen LogP contribution < -0.4 is 10.1 Å². The Morgan fingerprint density at radius 1 is 1.10 bits per heavy atom. The van der Waals surface area contributed by atoms with Crippen molar-refractivity contribution in [1.82, 2.24) is 20.0 Å². The van der Waals surface area contributed by atoms with Crippen LogP contribution in [0.2, 0.25) is 0 Å². The molecular weight excluding hydrogens is 384 g/mol. The first-order chi connectivity index (χ1) is 14.6. The van der Waals surface area contributed by atoms with Crippen LogP contribution in [0, 0.1) is 11.8 Å². The average Bonchev–Trinajstić information content (AvgIpc) is 3.35. The lowest BCUT2D eigenvalue weighted by Gasteiger charge is -2.34. The van der Waals surface area contributed by atoms with Crippen molar-refractivity contribution in [3.63, 3.8) is 0 Å². The van der Waals surface area contributed by atoms with Crippen LogP contribution in [-0.4, -0.2) is 105 Å². The molecule has 0 aliphatic carbocycles. The molecule has 0 spiro atoms. The molecule has 30 heavy (non-hydrogen) atoms. The van der Waals surface area contributed by atoms with Crippen molar-refractivity contribution >= 4 is 6.09 Å². The zero-order valence-electron chi connectivity index (χ0n) is 17.8. The molecule has 4 rings (SSSR count). The van der Waals surface area contributed by atoms with E-state index in [1.165, 1.54) is 25.8 Å². The minimum Gasteiger partial charge on any atom is -0.491 e. The van der Waals surface area contributed by atoms with E-state index in [2.05, 4.69) is 27.2 Å². The Hall–Kier alpha value is -1.87. The summed E-state index contributed by atoms with van der Waals surface area (Å²) in [7, 11) is 1.40. The Morgan fingerprint density at radius 2 is 1.77 bits per heavy atom. The number of hydrogen-bond donors (Lipinski definition) is 2. The topological polar surface area (TPSA) is 77.5 Å². The van der Waals surface area contributed by atoms with Crippen LogP contribution in [0.15, 0.2) is 24.3 Å². The van der Waals surface area contributed by atoms with Crippen LogP contribution in [0.1, 0.15) is 5.56 Å². The third-order valence-corrected chi connectivity index (χ3v) is 6.51. The van der Waals surface area contributed by atoms with Crippen LogP contribution >= 0.6 is 0 Å². The number of ether oxygens (including phenoxy) is 2. The molecule has 1 aromatic rings. The smallest absolute Gasteiger partial charge is 0.409 e. The molecule has 8 nitrogen and oxygen atoms in total. The van der Waals surface area contributed by atoms with E-state index in [-0.39, 0.29) is 12.7 Å². The van der Waals surface area contributed by atoms with Gasteiger partial charge in [0.25, 0.3) is 0 Å². The Labute approximate surface area is 178 Å². The molecule has 3 atom stereocenters. The molecule has 1 amide bonds. The van der Waals surface area contributed by atoms with E-state index < -0.39 is 6.10 Å². The monoisotopic (exact) mass is 418 g/mol. The van der Waals surface area contributed by atoms with Crippen LogP contribution in [0.25, 0.3) is 0 Å². The fraction of sp³-hybridized carbons (Fsp3) is 0.682. The first kappa shape index (κ1) is 21.4. The molecule has 0 radical (unpaired) electrons. The first-order valence-corrected chi connectivity index (χ1v) is 11.0. The number of rotatable bonds is 7. The molecule has 3 aliphatic heterocycles. The number of likely N-dealkylation sites (tertiary alicyclic amines) is 1. The van der Waals surface area contributed by atoms with Crippen molar-refractivity contribution < 1.29 is 19.4 Å². The minimum atomic E-state index is -0.563. The number of benzene rings is 1. The van der Waals surface area contributed by atoms with Gasteiger partial charge in [0.1, 0.15) is 18.5 Å². The molecule has 1 unspecified atom stereocenters. The van der Waals surface area contributed by atoms with E-state index in [0.29, 0.717) is 19.6 Å². The fourth-order valence-corrected chi connectivity index (χ4v) is 4.82. The van der Waals surface area contributed by atoms with Gasteiger partial charge in [-0.3, -0.25) is 9.80 Å². The molecule has 8 heteroatoms. The second kappa shape index (κ2) is 9.96. The van der Waals surface area contributed by atoms with Gasteiger partial charge in [0, 0.05) is 52.4 Å². The van der Waals surface area contributed by atoms with Crippen molar-refractivity contribution in [2.24, 2.45) is 11.8 Å². The average molecular weight is 419 g/mol. The lowest BCUT2D eigenvalue weighted by molar-refractivity contribution is 0.0435. The number of aliphatic hydroxyl groups is 1. The van der Waals surface area contributed by atoms with Crippen LogP contribution in [-0.2, 0) is 11.3 Å². The number of aliphatic hydroxyl groups excluding tert-OH is 1. The number of amides is 1. The van der Waals surface area contributed by atoms with Crippen LogP contribution in [0.5, 0.6) is 5.75 Å². The Balaban J connectivity index is 1.15. The van der Waals surface area contributed by atoms with Gasteiger partial charge in [-0.15, -0.1) is 0 Å². The number of methoxy groups -OCH3 is 1. The molecule has 3 heterocycles. The highest BCUT2D eigenvalue weighted by molar-refractivity contribution is 5.67. The zero-order chi connectivity index (χ0) is 20.9. The molecule has 3 saturated heterocycles. The molecule has 2 N–H and O–H groups in total. The summed E-state index contributed by atoms with van der Waals surface area (Å²) in [6, 6.07) is 8.24. The molecule has 1 aromatic carbocycles. The summed E-state index contributed by atoms with van der Waals surface area (Å²) in [6.07, 6.45) is -0.849. The summed E-state index contributed by atoms with van der Waals surface area (Å²) in [5.74, 6) is 2.42. The van der Waals surface area contributed by atoms with Crippen molar-refractivity contribution in [3.8, 4) is 5.75 Å². The van der Waals surface area contributed by atoms with E-state index in [4.69, 9.17) is 9.47 Å². The summed E-state index contributed by atoms with van der Waals surface area (Å²) in [6.45, 7) is 9.21. The van der Waals surface area contributed by atoms with Crippen LogP contribution in [0.4, 0.5) is 4.79 Å². The highest BCUT2D eigenvalue weighted by atomic mass is 16.5. The quantitative estimate of drug-likeness (QED) is 0.666.